The Morgan fingerprint density at radius 2 is 0.615 bits per heavy atom. The minimum absolute atomic E-state index is 0.0513. The van der Waals surface area contributed by atoms with E-state index >= 15 is 0 Å². The van der Waals surface area contributed by atoms with E-state index in [1.54, 1.807) is 13.8 Å². The Bertz CT molecular complexity index is 669. The summed E-state index contributed by atoms with van der Waals surface area (Å²) in [6, 6.07) is 15.8. The average molecular weight is 355 g/mol. The number of hydrogen-bond acceptors (Lipinski definition) is 2. The summed E-state index contributed by atoms with van der Waals surface area (Å²) in [5, 5.41) is 22.5. The molecule has 2 unspecified atom stereocenters. The second-order valence-corrected chi connectivity index (χ2v) is 9.80. The van der Waals surface area contributed by atoms with Gasteiger partial charge in [-0.1, -0.05) is 90.1 Å². The molecule has 0 aromatic heterocycles. The van der Waals surface area contributed by atoms with E-state index in [0.29, 0.717) is 11.1 Å². The van der Waals surface area contributed by atoms with E-state index in [4.69, 9.17) is 0 Å². The van der Waals surface area contributed by atoms with Crippen LogP contribution in [0.2, 0.25) is 0 Å². The third-order valence-electron chi connectivity index (χ3n) is 5.57. The van der Waals surface area contributed by atoms with Gasteiger partial charge in [-0.05, 0) is 46.9 Å². The Morgan fingerprint density at radius 3 is 0.808 bits per heavy atom. The minimum atomic E-state index is -1.41. The molecule has 0 heterocycles. The zero-order valence-corrected chi connectivity index (χ0v) is 17.5. The molecule has 2 atom stereocenters. The van der Waals surface area contributed by atoms with E-state index in [-0.39, 0.29) is 10.8 Å². The molecule has 0 aliphatic rings. The molecule has 2 heteroatoms. The molecule has 0 aliphatic carbocycles. The Hall–Kier alpha value is -1.64. The van der Waals surface area contributed by atoms with Gasteiger partial charge in [0.05, 0.1) is 0 Å². The van der Waals surface area contributed by atoms with Crippen LogP contribution in [0.5, 0.6) is 0 Å². The Morgan fingerprint density at radius 1 is 0.423 bits per heavy atom. The van der Waals surface area contributed by atoms with Gasteiger partial charge in [0.1, 0.15) is 11.2 Å². The van der Waals surface area contributed by atoms with Gasteiger partial charge in [0, 0.05) is 0 Å². The number of rotatable bonds is 3. The SMILES string of the molecule is CC(C)(C)c1ccc(C(C)(O)C(C)(O)c2ccc(C(C)(C)C)cc2)cc1. The lowest BCUT2D eigenvalue weighted by molar-refractivity contribution is -0.143. The Kier molecular flexibility index (Phi) is 5.17. The molecule has 142 valence electrons. The monoisotopic (exact) mass is 354 g/mol. The number of benzene rings is 2. The molecule has 0 aliphatic heterocycles. The first-order chi connectivity index (χ1) is 11.7. The molecule has 0 amide bonds. The van der Waals surface area contributed by atoms with Crippen LogP contribution < -0.4 is 0 Å². The van der Waals surface area contributed by atoms with Crippen LogP contribution in [-0.2, 0) is 22.0 Å². The van der Waals surface area contributed by atoms with Crippen molar-refractivity contribution in [2.45, 2.75) is 77.4 Å². The lowest BCUT2D eigenvalue weighted by atomic mass is 9.74. The summed E-state index contributed by atoms with van der Waals surface area (Å²) in [6.07, 6.45) is 0. The van der Waals surface area contributed by atoms with Gasteiger partial charge in [-0.3, -0.25) is 0 Å². The molecular formula is C24H34O2. The topological polar surface area (TPSA) is 40.5 Å². The zero-order valence-electron chi connectivity index (χ0n) is 17.5. The first kappa shape index (κ1) is 20.7. The maximum absolute atomic E-state index is 11.2. The third-order valence-corrected chi connectivity index (χ3v) is 5.57. The van der Waals surface area contributed by atoms with Gasteiger partial charge >= 0.3 is 0 Å². The molecule has 0 fully saturated rings. The highest BCUT2D eigenvalue weighted by molar-refractivity contribution is 5.37. The van der Waals surface area contributed by atoms with Crippen molar-refractivity contribution in [3.63, 3.8) is 0 Å². The summed E-state index contributed by atoms with van der Waals surface area (Å²) in [5.41, 5.74) is 1.09. The van der Waals surface area contributed by atoms with Gasteiger partial charge in [0.15, 0.2) is 0 Å². The van der Waals surface area contributed by atoms with Crippen LogP contribution in [0.4, 0.5) is 0 Å². The second-order valence-electron chi connectivity index (χ2n) is 9.80. The van der Waals surface area contributed by atoms with Crippen molar-refractivity contribution in [3.05, 3.63) is 70.8 Å². The van der Waals surface area contributed by atoms with E-state index in [0.717, 1.165) is 0 Å². The predicted molar refractivity (Wildman–Crippen MR) is 109 cm³/mol. The molecule has 2 nitrogen and oxygen atoms in total. The van der Waals surface area contributed by atoms with Crippen LogP contribution in [0.25, 0.3) is 0 Å². The second kappa shape index (κ2) is 6.51. The summed E-state index contributed by atoms with van der Waals surface area (Å²) >= 11 is 0. The summed E-state index contributed by atoms with van der Waals surface area (Å²) in [5.74, 6) is 0. The van der Waals surface area contributed by atoms with E-state index < -0.39 is 11.2 Å². The smallest absolute Gasteiger partial charge is 0.119 e. The van der Waals surface area contributed by atoms with Gasteiger partial charge in [-0.2, -0.15) is 0 Å². The van der Waals surface area contributed by atoms with Gasteiger partial charge in [0.2, 0.25) is 0 Å². The number of hydrogen-bond donors (Lipinski definition) is 2. The molecule has 2 rings (SSSR count). The molecular weight excluding hydrogens is 320 g/mol. The highest BCUT2D eigenvalue weighted by Gasteiger charge is 2.44. The molecule has 0 spiro atoms. The zero-order chi connectivity index (χ0) is 20.0. The van der Waals surface area contributed by atoms with Gasteiger partial charge < -0.3 is 10.2 Å². The molecule has 0 saturated carbocycles. The van der Waals surface area contributed by atoms with Crippen LogP contribution in [-0.4, -0.2) is 10.2 Å². The van der Waals surface area contributed by atoms with E-state index in [9.17, 15) is 10.2 Å². The fourth-order valence-corrected chi connectivity index (χ4v) is 3.15. The summed E-state index contributed by atoms with van der Waals surface area (Å²) < 4.78 is 0. The van der Waals surface area contributed by atoms with Gasteiger partial charge in [-0.15, -0.1) is 0 Å². The summed E-state index contributed by atoms with van der Waals surface area (Å²) in [7, 11) is 0. The van der Waals surface area contributed by atoms with Crippen molar-refractivity contribution in [1.29, 1.82) is 0 Å². The summed E-state index contributed by atoms with van der Waals surface area (Å²) in [6.45, 7) is 16.3. The normalized spacial score (nSPS) is 17.5. The molecule has 0 saturated heterocycles. The molecule has 2 aromatic carbocycles. The van der Waals surface area contributed by atoms with Crippen molar-refractivity contribution >= 4 is 0 Å². The van der Waals surface area contributed by atoms with Crippen LogP contribution in [0.15, 0.2) is 48.5 Å². The van der Waals surface area contributed by atoms with E-state index in [1.165, 1.54) is 11.1 Å². The largest absolute Gasteiger partial charge is 0.382 e. The minimum Gasteiger partial charge on any atom is -0.382 e. The average Bonchev–Trinajstić information content (AvgIpc) is 2.53. The molecule has 26 heavy (non-hydrogen) atoms. The fraction of sp³-hybridized carbons (Fsp3) is 0.500. The molecule has 0 radical (unpaired) electrons. The molecule has 0 bridgehead atoms. The lowest BCUT2D eigenvalue weighted by Gasteiger charge is -2.40. The van der Waals surface area contributed by atoms with Crippen LogP contribution in [0.3, 0.4) is 0 Å². The first-order valence-corrected chi connectivity index (χ1v) is 9.34. The quantitative estimate of drug-likeness (QED) is 0.775. The lowest BCUT2D eigenvalue weighted by Crippen LogP contribution is -2.45. The Balaban J connectivity index is 2.40. The number of aliphatic hydroxyl groups is 2. The highest BCUT2D eigenvalue weighted by Crippen LogP contribution is 2.41. The van der Waals surface area contributed by atoms with Crippen molar-refractivity contribution in [3.8, 4) is 0 Å². The van der Waals surface area contributed by atoms with E-state index in [2.05, 4.69) is 41.5 Å². The van der Waals surface area contributed by atoms with Crippen molar-refractivity contribution in [1.82, 2.24) is 0 Å². The van der Waals surface area contributed by atoms with Gasteiger partial charge in [0.25, 0.3) is 0 Å². The summed E-state index contributed by atoms with van der Waals surface area (Å²) in [4.78, 5) is 0. The van der Waals surface area contributed by atoms with Crippen molar-refractivity contribution in [2.75, 3.05) is 0 Å². The molecule has 2 aromatic rings. The highest BCUT2D eigenvalue weighted by atomic mass is 16.4. The Labute approximate surface area is 158 Å². The maximum atomic E-state index is 11.2. The predicted octanol–water partition coefficient (Wildman–Crippen LogP) is 5.40. The van der Waals surface area contributed by atoms with Crippen LogP contribution in [0, 0.1) is 0 Å². The third kappa shape index (κ3) is 3.87. The standard InChI is InChI=1S/C24H34O2/c1-21(2,3)17-9-13-19(14-10-17)23(7,25)24(8,26)20-15-11-18(12-16-20)22(4,5)6/h9-16,25-26H,1-8H3. The van der Waals surface area contributed by atoms with Gasteiger partial charge in [-0.25, -0.2) is 0 Å². The van der Waals surface area contributed by atoms with Crippen LogP contribution in [0.1, 0.15) is 77.6 Å². The van der Waals surface area contributed by atoms with Crippen molar-refractivity contribution in [2.24, 2.45) is 0 Å². The van der Waals surface area contributed by atoms with E-state index in [1.807, 2.05) is 48.5 Å². The van der Waals surface area contributed by atoms with Crippen LogP contribution >= 0.6 is 0 Å². The fourth-order valence-electron chi connectivity index (χ4n) is 3.15. The first-order valence-electron chi connectivity index (χ1n) is 9.34. The molecule has 2 N–H and O–H groups in total. The maximum Gasteiger partial charge on any atom is 0.119 e. The van der Waals surface area contributed by atoms with Crippen molar-refractivity contribution < 1.29 is 10.2 Å².